The van der Waals surface area contributed by atoms with Crippen LogP contribution in [0.25, 0.3) is 0 Å². The second-order valence-electron chi connectivity index (χ2n) is 5.29. The van der Waals surface area contributed by atoms with E-state index in [0.29, 0.717) is 6.04 Å². The molecular formula is C13H27N3O2. The first-order chi connectivity index (χ1) is 8.79. The zero-order valence-electron chi connectivity index (χ0n) is 11.5. The molecule has 3 N–H and O–H groups in total. The predicted molar refractivity (Wildman–Crippen MR) is 73.4 cm³/mol. The SMILES string of the molecule is CN.O=NC1(CCN2CCCC2CO)CCCC1. The van der Waals surface area contributed by atoms with Crippen LogP contribution in [-0.4, -0.2) is 48.3 Å². The van der Waals surface area contributed by atoms with Gasteiger partial charge in [-0.05, 0) is 45.7 Å². The molecule has 2 rings (SSSR count). The maximum absolute atomic E-state index is 11.0. The number of nitrogens with zero attached hydrogens (tertiary/aromatic N) is 2. The minimum absolute atomic E-state index is 0.252. The Bertz CT molecular complexity index is 242. The number of likely N-dealkylation sites (tertiary alicyclic amines) is 1. The fraction of sp³-hybridized carbons (Fsp3) is 1.00. The number of aliphatic hydroxyl groups is 1. The van der Waals surface area contributed by atoms with E-state index in [9.17, 15) is 10.0 Å². The highest BCUT2D eigenvalue weighted by Crippen LogP contribution is 2.36. The van der Waals surface area contributed by atoms with Crippen molar-refractivity contribution in [2.75, 3.05) is 26.7 Å². The lowest BCUT2D eigenvalue weighted by Crippen LogP contribution is -2.36. The van der Waals surface area contributed by atoms with E-state index in [0.717, 1.165) is 51.6 Å². The van der Waals surface area contributed by atoms with E-state index in [1.165, 1.54) is 13.5 Å². The summed E-state index contributed by atoms with van der Waals surface area (Å²) in [5.74, 6) is 0. The van der Waals surface area contributed by atoms with E-state index in [1.54, 1.807) is 0 Å². The van der Waals surface area contributed by atoms with Crippen LogP contribution in [-0.2, 0) is 0 Å². The van der Waals surface area contributed by atoms with Gasteiger partial charge in [0, 0.05) is 12.6 Å². The first-order valence-electron chi connectivity index (χ1n) is 7.07. The highest BCUT2D eigenvalue weighted by Gasteiger charge is 2.36. The van der Waals surface area contributed by atoms with Crippen LogP contribution < -0.4 is 5.73 Å². The monoisotopic (exact) mass is 257 g/mol. The van der Waals surface area contributed by atoms with E-state index in [2.05, 4.69) is 15.8 Å². The molecule has 1 unspecified atom stereocenters. The summed E-state index contributed by atoms with van der Waals surface area (Å²) >= 11 is 0. The molecule has 0 spiro atoms. The zero-order valence-corrected chi connectivity index (χ0v) is 11.5. The van der Waals surface area contributed by atoms with Crippen molar-refractivity contribution in [3.8, 4) is 0 Å². The molecule has 0 aromatic carbocycles. The Morgan fingerprint density at radius 1 is 1.33 bits per heavy atom. The number of aliphatic hydroxyl groups excluding tert-OH is 1. The van der Waals surface area contributed by atoms with Gasteiger partial charge in [-0.3, -0.25) is 4.90 Å². The molecule has 5 heteroatoms. The molecule has 1 aliphatic heterocycles. The molecule has 0 amide bonds. The van der Waals surface area contributed by atoms with Crippen LogP contribution >= 0.6 is 0 Å². The fourth-order valence-electron chi connectivity index (χ4n) is 3.17. The summed E-state index contributed by atoms with van der Waals surface area (Å²) in [6.45, 7) is 2.25. The molecule has 0 aromatic heterocycles. The number of rotatable bonds is 5. The normalized spacial score (nSPS) is 26.7. The molecule has 2 fully saturated rings. The largest absolute Gasteiger partial charge is 0.395 e. The van der Waals surface area contributed by atoms with Crippen molar-refractivity contribution in [2.24, 2.45) is 10.9 Å². The third-order valence-electron chi connectivity index (χ3n) is 4.30. The molecular weight excluding hydrogens is 230 g/mol. The van der Waals surface area contributed by atoms with Crippen molar-refractivity contribution in [3.63, 3.8) is 0 Å². The Kier molecular flexibility index (Phi) is 6.75. The molecule has 1 atom stereocenters. The molecule has 1 heterocycles. The van der Waals surface area contributed by atoms with Crippen LogP contribution in [0.4, 0.5) is 0 Å². The van der Waals surface area contributed by atoms with E-state index >= 15 is 0 Å². The maximum atomic E-state index is 11.0. The van der Waals surface area contributed by atoms with Gasteiger partial charge in [0.2, 0.25) is 0 Å². The summed E-state index contributed by atoms with van der Waals surface area (Å²) in [4.78, 5) is 13.3. The molecule has 2 aliphatic rings. The highest BCUT2D eigenvalue weighted by molar-refractivity contribution is 4.94. The summed E-state index contributed by atoms with van der Waals surface area (Å²) in [6.07, 6.45) is 7.38. The zero-order chi connectivity index (χ0) is 13.4. The fourth-order valence-corrected chi connectivity index (χ4v) is 3.17. The van der Waals surface area contributed by atoms with Crippen molar-refractivity contribution in [1.82, 2.24) is 4.90 Å². The first kappa shape index (κ1) is 15.5. The van der Waals surface area contributed by atoms with Gasteiger partial charge < -0.3 is 10.8 Å². The Morgan fingerprint density at radius 2 is 2.00 bits per heavy atom. The van der Waals surface area contributed by atoms with Crippen LogP contribution in [0, 0.1) is 4.91 Å². The summed E-state index contributed by atoms with van der Waals surface area (Å²) in [5.41, 5.74) is 4.22. The minimum Gasteiger partial charge on any atom is -0.395 e. The van der Waals surface area contributed by atoms with Crippen LogP contribution in [0.3, 0.4) is 0 Å². The van der Waals surface area contributed by atoms with Crippen LogP contribution in [0.1, 0.15) is 44.9 Å². The van der Waals surface area contributed by atoms with Gasteiger partial charge in [0.1, 0.15) is 5.54 Å². The van der Waals surface area contributed by atoms with Crippen molar-refractivity contribution in [1.29, 1.82) is 0 Å². The number of hydrogen-bond acceptors (Lipinski definition) is 5. The Hall–Kier alpha value is -0.520. The van der Waals surface area contributed by atoms with Gasteiger partial charge in [0.15, 0.2) is 0 Å². The Balaban J connectivity index is 0.000000771. The predicted octanol–water partition coefficient (Wildman–Crippen LogP) is 1.49. The van der Waals surface area contributed by atoms with Crippen LogP contribution in [0.15, 0.2) is 5.18 Å². The molecule has 0 aromatic rings. The van der Waals surface area contributed by atoms with Gasteiger partial charge in [-0.15, -0.1) is 0 Å². The summed E-state index contributed by atoms with van der Waals surface area (Å²) in [5, 5.41) is 12.6. The Morgan fingerprint density at radius 3 is 2.56 bits per heavy atom. The van der Waals surface area contributed by atoms with Crippen molar-refractivity contribution in [2.45, 2.75) is 56.5 Å². The second-order valence-corrected chi connectivity index (χ2v) is 5.29. The van der Waals surface area contributed by atoms with E-state index in [-0.39, 0.29) is 12.1 Å². The van der Waals surface area contributed by atoms with Gasteiger partial charge in [0.05, 0.1) is 6.61 Å². The molecule has 0 radical (unpaired) electrons. The third kappa shape index (κ3) is 3.73. The number of nitroso groups, excluding NO2 is 1. The standard InChI is InChI=1S/C12H22N2O2.CH5N/c15-10-11-4-3-8-14(11)9-7-12(13-16)5-1-2-6-12;1-2/h11,15H,1-10H2;2H2,1H3. The first-order valence-corrected chi connectivity index (χ1v) is 7.07. The van der Waals surface area contributed by atoms with Gasteiger partial charge in [-0.1, -0.05) is 18.0 Å². The van der Waals surface area contributed by atoms with Crippen molar-refractivity contribution < 1.29 is 5.11 Å². The molecule has 1 saturated carbocycles. The molecule has 18 heavy (non-hydrogen) atoms. The maximum Gasteiger partial charge on any atom is 0.104 e. The molecule has 106 valence electrons. The van der Waals surface area contributed by atoms with Crippen molar-refractivity contribution >= 4 is 0 Å². The van der Waals surface area contributed by atoms with E-state index < -0.39 is 0 Å². The Labute approximate surface area is 110 Å². The summed E-state index contributed by atoms with van der Waals surface area (Å²) in [7, 11) is 1.50. The van der Waals surface area contributed by atoms with Gasteiger partial charge >= 0.3 is 0 Å². The lowest BCUT2D eigenvalue weighted by atomic mass is 9.94. The smallest absolute Gasteiger partial charge is 0.104 e. The lowest BCUT2D eigenvalue weighted by Gasteiger charge is -2.27. The molecule has 1 aliphatic carbocycles. The minimum atomic E-state index is -0.275. The van der Waals surface area contributed by atoms with Crippen molar-refractivity contribution in [3.05, 3.63) is 4.91 Å². The van der Waals surface area contributed by atoms with Gasteiger partial charge in [0.25, 0.3) is 0 Å². The highest BCUT2D eigenvalue weighted by atomic mass is 16.3. The topological polar surface area (TPSA) is 78.9 Å². The lowest BCUT2D eigenvalue weighted by molar-refractivity contribution is 0.149. The quantitative estimate of drug-likeness (QED) is 0.731. The van der Waals surface area contributed by atoms with Crippen LogP contribution in [0.5, 0.6) is 0 Å². The molecule has 5 nitrogen and oxygen atoms in total. The summed E-state index contributed by atoms with van der Waals surface area (Å²) in [6, 6.07) is 0.324. The van der Waals surface area contributed by atoms with E-state index in [4.69, 9.17) is 0 Å². The second kappa shape index (κ2) is 7.81. The average molecular weight is 257 g/mol. The van der Waals surface area contributed by atoms with Crippen LogP contribution in [0.2, 0.25) is 0 Å². The third-order valence-corrected chi connectivity index (χ3v) is 4.30. The number of hydrogen-bond donors (Lipinski definition) is 2. The molecule has 0 bridgehead atoms. The number of nitrogens with two attached hydrogens (primary N) is 1. The molecule has 1 saturated heterocycles. The van der Waals surface area contributed by atoms with Gasteiger partial charge in [-0.2, -0.15) is 4.91 Å². The summed E-state index contributed by atoms with van der Waals surface area (Å²) < 4.78 is 0. The van der Waals surface area contributed by atoms with E-state index in [1.807, 2.05) is 0 Å². The average Bonchev–Trinajstić information content (AvgIpc) is 3.08. The van der Waals surface area contributed by atoms with Gasteiger partial charge in [-0.25, -0.2) is 0 Å².